The summed E-state index contributed by atoms with van der Waals surface area (Å²) in [6.07, 6.45) is -10.2. The molecule has 4 N–H and O–H groups in total. The number of nitrogens with zero attached hydrogens (tertiary/aromatic N) is 2. The van der Waals surface area contributed by atoms with Gasteiger partial charge in [0, 0.05) is 48.5 Å². The number of carbonyl (C=O) groups excluding carboxylic acids is 4. The van der Waals surface area contributed by atoms with Gasteiger partial charge in [-0.1, -0.05) is 23.2 Å². The predicted molar refractivity (Wildman–Crippen MR) is 150 cm³/mol. The lowest BCUT2D eigenvalue weighted by molar-refractivity contribution is -0.152. The zero-order valence-electron chi connectivity index (χ0n) is 23.1. The number of alkyl halides is 6. The molecule has 4 rings (SSSR count). The summed E-state index contributed by atoms with van der Waals surface area (Å²) in [6, 6.07) is 1.53. The summed E-state index contributed by atoms with van der Waals surface area (Å²) in [5.74, 6) is -3.25. The summed E-state index contributed by atoms with van der Waals surface area (Å²) in [4.78, 5) is 55.9. The number of amides is 4. The normalized spacial score (nSPS) is 17.6. The zero-order chi connectivity index (χ0) is 33.1. The number of piperazine rings is 2. The van der Waals surface area contributed by atoms with Crippen LogP contribution in [0.4, 0.5) is 32.0 Å². The molecule has 0 spiro atoms. The Kier molecular flexibility index (Phi) is 10.5. The number of hydrogen-bond acceptors (Lipinski definition) is 6. The molecule has 2 atom stereocenters. The number of anilines is 1. The molecule has 2 aliphatic heterocycles. The summed E-state index contributed by atoms with van der Waals surface area (Å²) >= 11 is 12.1. The number of hydrogen-bond donors (Lipinski definition) is 4. The monoisotopic (exact) mass is 682 g/mol. The molecule has 2 aliphatic rings. The molecule has 244 valence electrons. The second kappa shape index (κ2) is 13.8. The third-order valence-electron chi connectivity index (χ3n) is 7.00. The van der Waals surface area contributed by atoms with Gasteiger partial charge in [0.25, 0.3) is 0 Å². The minimum atomic E-state index is -5.12. The molecule has 0 aromatic heterocycles. The highest BCUT2D eigenvalue weighted by Gasteiger charge is 2.46. The van der Waals surface area contributed by atoms with Crippen molar-refractivity contribution < 1.29 is 45.5 Å². The average molecular weight is 683 g/mol. The number of halogens is 8. The summed E-state index contributed by atoms with van der Waals surface area (Å²) in [6.45, 7) is -1.04. The first-order chi connectivity index (χ1) is 21.0. The second-order valence-corrected chi connectivity index (χ2v) is 11.1. The molecule has 2 unspecified atom stereocenters. The van der Waals surface area contributed by atoms with Crippen LogP contribution in [0.5, 0.6) is 0 Å². The number of benzene rings is 2. The lowest BCUT2D eigenvalue weighted by Gasteiger charge is -2.43. The summed E-state index contributed by atoms with van der Waals surface area (Å²) in [5, 5.41) is 10.8. The van der Waals surface area contributed by atoms with E-state index < -0.39 is 71.3 Å². The maximum Gasteiger partial charge on any atom is 0.416 e. The van der Waals surface area contributed by atoms with E-state index in [0.717, 1.165) is 9.80 Å². The van der Waals surface area contributed by atoms with E-state index in [4.69, 9.17) is 23.2 Å². The molecule has 4 amide bonds. The topological polar surface area (TPSA) is 123 Å². The van der Waals surface area contributed by atoms with E-state index in [1.54, 1.807) is 0 Å². The molecule has 45 heavy (non-hydrogen) atoms. The maximum absolute atomic E-state index is 13.9. The average Bonchev–Trinajstić information content (AvgIpc) is 2.94. The van der Waals surface area contributed by atoms with Crippen LogP contribution < -0.4 is 21.3 Å². The van der Waals surface area contributed by atoms with Crippen LogP contribution in [0.1, 0.15) is 16.7 Å². The Morgan fingerprint density at radius 3 is 1.67 bits per heavy atom. The molecule has 2 heterocycles. The van der Waals surface area contributed by atoms with Gasteiger partial charge < -0.3 is 31.1 Å². The van der Waals surface area contributed by atoms with Crippen molar-refractivity contribution in [1.82, 2.24) is 25.8 Å². The van der Waals surface area contributed by atoms with E-state index in [1.165, 1.54) is 18.2 Å². The molecule has 2 saturated heterocycles. The van der Waals surface area contributed by atoms with Crippen molar-refractivity contribution in [3.8, 4) is 0 Å². The van der Waals surface area contributed by atoms with E-state index in [9.17, 15) is 45.5 Å². The van der Waals surface area contributed by atoms with Crippen molar-refractivity contribution >= 4 is 52.5 Å². The van der Waals surface area contributed by atoms with Crippen LogP contribution in [0.15, 0.2) is 36.4 Å². The first kappa shape index (κ1) is 34.3. The Hall–Kier alpha value is -3.60. The fourth-order valence-corrected chi connectivity index (χ4v) is 5.52. The predicted octanol–water partition coefficient (Wildman–Crippen LogP) is 2.89. The fourth-order valence-electron chi connectivity index (χ4n) is 5.00. The lowest BCUT2D eigenvalue weighted by Crippen LogP contribution is -2.69. The minimum absolute atomic E-state index is 0.0496. The lowest BCUT2D eigenvalue weighted by atomic mass is 9.99. The van der Waals surface area contributed by atoms with E-state index in [2.05, 4.69) is 21.3 Å². The molecular formula is C27H26Cl2F6N6O4. The van der Waals surface area contributed by atoms with Crippen LogP contribution in [0.2, 0.25) is 10.0 Å². The molecular weight excluding hydrogens is 657 g/mol. The fraction of sp³-hybridized carbons (Fsp3) is 0.407. The molecule has 2 fully saturated rings. The Morgan fingerprint density at radius 2 is 1.22 bits per heavy atom. The zero-order valence-corrected chi connectivity index (χ0v) is 24.6. The van der Waals surface area contributed by atoms with Gasteiger partial charge in [0.1, 0.15) is 12.1 Å². The SMILES string of the molecule is O=C(NCc1cc(C(F)(F)F)cc(C(F)(F)F)c1)C(C(C(=O)Nc1cc(Cl)cc(Cl)c1)N1CCNCC1=O)N1CCNCC1=O. The second-order valence-electron chi connectivity index (χ2n) is 10.2. The Labute approximate surface area is 262 Å². The van der Waals surface area contributed by atoms with Crippen LogP contribution in [-0.2, 0) is 38.1 Å². The van der Waals surface area contributed by atoms with Gasteiger partial charge in [0.15, 0.2) is 0 Å². The van der Waals surface area contributed by atoms with Crippen LogP contribution in [0.3, 0.4) is 0 Å². The molecule has 2 aromatic rings. The van der Waals surface area contributed by atoms with Crippen molar-refractivity contribution in [3.63, 3.8) is 0 Å². The minimum Gasteiger partial charge on any atom is -0.350 e. The Morgan fingerprint density at radius 1 is 0.756 bits per heavy atom. The van der Waals surface area contributed by atoms with Crippen molar-refractivity contribution in [2.75, 3.05) is 44.6 Å². The Balaban J connectivity index is 1.73. The van der Waals surface area contributed by atoms with Crippen molar-refractivity contribution in [2.24, 2.45) is 0 Å². The van der Waals surface area contributed by atoms with E-state index in [0.29, 0.717) is 12.1 Å². The number of nitrogens with one attached hydrogen (secondary N) is 4. The van der Waals surface area contributed by atoms with Crippen molar-refractivity contribution in [3.05, 3.63) is 63.1 Å². The standard InChI is InChI=1S/C27H26Cl2F6N6O4/c28-17-8-18(29)10-19(9-17)39-25(45)23(41-4-2-37-13-21(41)43)22(40-3-1-36-12-20(40)42)24(44)38-11-14-5-15(26(30,31)32)7-16(6-14)27(33,34)35/h5-10,22-23,36-37H,1-4,11-13H2,(H,38,44)(H,39,45). The molecule has 0 radical (unpaired) electrons. The van der Waals surface area contributed by atoms with Gasteiger partial charge in [-0.05, 0) is 42.0 Å². The van der Waals surface area contributed by atoms with Gasteiger partial charge in [-0.25, -0.2) is 0 Å². The number of carbonyl (C=O) groups is 4. The van der Waals surface area contributed by atoms with Crippen molar-refractivity contribution in [2.45, 2.75) is 31.0 Å². The van der Waals surface area contributed by atoms with Crippen LogP contribution >= 0.6 is 23.2 Å². The van der Waals surface area contributed by atoms with E-state index in [-0.39, 0.29) is 61.1 Å². The molecule has 0 saturated carbocycles. The van der Waals surface area contributed by atoms with Gasteiger partial charge in [-0.15, -0.1) is 0 Å². The van der Waals surface area contributed by atoms with Gasteiger partial charge in [0.2, 0.25) is 23.6 Å². The van der Waals surface area contributed by atoms with Crippen molar-refractivity contribution in [1.29, 1.82) is 0 Å². The summed E-state index contributed by atoms with van der Waals surface area (Å²) in [7, 11) is 0. The van der Waals surface area contributed by atoms with E-state index >= 15 is 0 Å². The van der Waals surface area contributed by atoms with Gasteiger partial charge in [0.05, 0.1) is 24.2 Å². The Bertz CT molecular complexity index is 1420. The highest BCUT2D eigenvalue weighted by Crippen LogP contribution is 2.36. The number of rotatable bonds is 8. The maximum atomic E-state index is 13.9. The highest BCUT2D eigenvalue weighted by molar-refractivity contribution is 6.35. The molecule has 0 aliphatic carbocycles. The molecule has 0 bridgehead atoms. The molecule has 10 nitrogen and oxygen atoms in total. The smallest absolute Gasteiger partial charge is 0.350 e. The van der Waals surface area contributed by atoms with Crippen LogP contribution in [0, 0.1) is 0 Å². The van der Waals surface area contributed by atoms with Gasteiger partial charge in [-0.3, -0.25) is 19.2 Å². The first-order valence-electron chi connectivity index (χ1n) is 13.4. The summed E-state index contributed by atoms with van der Waals surface area (Å²) in [5.41, 5.74) is -3.61. The van der Waals surface area contributed by atoms with Gasteiger partial charge in [-0.2, -0.15) is 26.3 Å². The third-order valence-corrected chi connectivity index (χ3v) is 7.44. The quantitative estimate of drug-likeness (QED) is 0.318. The van der Waals surface area contributed by atoms with Crippen LogP contribution in [-0.4, -0.2) is 84.8 Å². The summed E-state index contributed by atoms with van der Waals surface area (Å²) < 4.78 is 80.4. The van der Waals surface area contributed by atoms with E-state index in [1.807, 2.05) is 0 Å². The highest BCUT2D eigenvalue weighted by atomic mass is 35.5. The van der Waals surface area contributed by atoms with Crippen LogP contribution in [0.25, 0.3) is 0 Å². The molecule has 18 heteroatoms. The first-order valence-corrected chi connectivity index (χ1v) is 14.1. The molecule has 2 aromatic carbocycles. The van der Waals surface area contributed by atoms with Gasteiger partial charge >= 0.3 is 12.4 Å². The third kappa shape index (κ3) is 8.56. The largest absolute Gasteiger partial charge is 0.416 e.